The normalized spacial score (nSPS) is 19.3. The van der Waals surface area contributed by atoms with Crippen LogP contribution in [-0.4, -0.2) is 57.8 Å². The number of aromatic nitrogens is 2. The fourth-order valence-corrected chi connectivity index (χ4v) is 3.63. The van der Waals surface area contributed by atoms with Gasteiger partial charge in [0.2, 0.25) is 11.8 Å². The van der Waals surface area contributed by atoms with Gasteiger partial charge in [-0.25, -0.2) is 4.68 Å². The van der Waals surface area contributed by atoms with E-state index in [2.05, 4.69) is 10.00 Å². The highest BCUT2D eigenvalue weighted by Crippen LogP contribution is 2.31. The lowest BCUT2D eigenvalue weighted by Gasteiger charge is -2.49. The van der Waals surface area contributed by atoms with E-state index in [1.807, 2.05) is 63.2 Å². The Balaban J connectivity index is 1.74. The van der Waals surface area contributed by atoms with E-state index in [0.717, 1.165) is 30.1 Å². The van der Waals surface area contributed by atoms with Gasteiger partial charge in [-0.3, -0.25) is 9.69 Å². The van der Waals surface area contributed by atoms with Crippen LogP contribution in [0.1, 0.15) is 31.5 Å². The average Bonchev–Trinajstić information content (AvgIpc) is 3.04. The van der Waals surface area contributed by atoms with Gasteiger partial charge in [0.05, 0.1) is 17.8 Å². The Labute approximate surface area is 172 Å². The van der Waals surface area contributed by atoms with Crippen molar-refractivity contribution in [3.63, 3.8) is 0 Å². The first-order valence-electron chi connectivity index (χ1n) is 9.74. The van der Waals surface area contributed by atoms with Crippen LogP contribution in [0.3, 0.4) is 0 Å². The number of likely N-dealkylation sites (N-methyl/N-ethyl adjacent to an activating group) is 1. The molecule has 0 radical (unpaired) electrons. The first-order chi connectivity index (χ1) is 13.3. The minimum absolute atomic E-state index is 0.164. The zero-order valence-corrected chi connectivity index (χ0v) is 17.9. The Morgan fingerprint density at radius 2 is 2.04 bits per heavy atom. The SMILES string of the molecule is CCOc1cc(CCN(Cc2ccc(Cl)cc2)C(=O)C2(C)CCN2C)nn1C. The molecule has 7 heteroatoms. The smallest absolute Gasteiger partial charge is 0.243 e. The molecule has 28 heavy (non-hydrogen) atoms. The quantitative estimate of drug-likeness (QED) is 0.678. The van der Waals surface area contributed by atoms with Gasteiger partial charge in [-0.1, -0.05) is 23.7 Å². The zero-order valence-electron chi connectivity index (χ0n) is 17.1. The van der Waals surface area contributed by atoms with Crippen molar-refractivity contribution in [3.8, 4) is 5.88 Å². The molecule has 0 spiro atoms. The van der Waals surface area contributed by atoms with Crippen LogP contribution < -0.4 is 4.74 Å². The number of amides is 1. The van der Waals surface area contributed by atoms with Crippen molar-refractivity contribution in [3.05, 3.63) is 46.6 Å². The van der Waals surface area contributed by atoms with Gasteiger partial charge in [0.1, 0.15) is 0 Å². The van der Waals surface area contributed by atoms with Crippen LogP contribution in [-0.2, 0) is 24.8 Å². The third kappa shape index (κ3) is 4.33. The number of ether oxygens (including phenoxy) is 1. The van der Waals surface area contributed by atoms with Crippen molar-refractivity contribution in [2.45, 2.75) is 38.8 Å². The fraction of sp³-hybridized carbons (Fsp3) is 0.524. The van der Waals surface area contributed by atoms with Crippen LogP contribution in [0.2, 0.25) is 5.02 Å². The first kappa shape index (κ1) is 20.7. The molecule has 2 heterocycles. The number of hydrogen-bond acceptors (Lipinski definition) is 4. The molecule has 0 bridgehead atoms. The molecule has 0 saturated carbocycles. The van der Waals surface area contributed by atoms with Gasteiger partial charge in [0, 0.05) is 44.2 Å². The monoisotopic (exact) mass is 404 g/mol. The maximum atomic E-state index is 13.3. The molecule has 1 saturated heterocycles. The Morgan fingerprint density at radius 3 is 2.61 bits per heavy atom. The van der Waals surface area contributed by atoms with Crippen molar-refractivity contribution in [2.24, 2.45) is 7.05 Å². The van der Waals surface area contributed by atoms with Gasteiger partial charge in [0.15, 0.2) is 0 Å². The first-order valence-corrected chi connectivity index (χ1v) is 10.1. The molecule has 2 aromatic rings. The van der Waals surface area contributed by atoms with E-state index in [0.29, 0.717) is 31.1 Å². The Hall–Kier alpha value is -2.05. The maximum Gasteiger partial charge on any atom is 0.243 e. The van der Waals surface area contributed by atoms with Crippen LogP contribution in [0, 0.1) is 0 Å². The summed E-state index contributed by atoms with van der Waals surface area (Å²) < 4.78 is 7.32. The minimum atomic E-state index is -0.424. The van der Waals surface area contributed by atoms with Crippen LogP contribution >= 0.6 is 11.6 Å². The second-order valence-electron chi connectivity index (χ2n) is 7.58. The molecule has 6 nitrogen and oxygen atoms in total. The number of rotatable bonds is 8. The molecule has 1 aliphatic heterocycles. The molecule has 1 atom stereocenters. The van der Waals surface area contributed by atoms with E-state index in [-0.39, 0.29) is 5.91 Å². The van der Waals surface area contributed by atoms with E-state index >= 15 is 0 Å². The van der Waals surface area contributed by atoms with E-state index in [1.165, 1.54) is 0 Å². The van der Waals surface area contributed by atoms with Crippen LogP contribution in [0.5, 0.6) is 5.88 Å². The molecule has 1 fully saturated rings. The van der Waals surface area contributed by atoms with Gasteiger partial charge in [0.25, 0.3) is 0 Å². The Morgan fingerprint density at radius 1 is 1.32 bits per heavy atom. The number of aryl methyl sites for hydroxylation is 1. The lowest BCUT2D eigenvalue weighted by molar-refractivity contribution is -0.151. The lowest BCUT2D eigenvalue weighted by Crippen LogP contribution is -2.64. The summed E-state index contributed by atoms with van der Waals surface area (Å²) in [7, 11) is 3.88. The number of carbonyl (C=O) groups is 1. The summed E-state index contributed by atoms with van der Waals surface area (Å²) in [6, 6.07) is 9.63. The van der Waals surface area contributed by atoms with E-state index in [9.17, 15) is 4.79 Å². The average molecular weight is 405 g/mol. The highest BCUT2D eigenvalue weighted by atomic mass is 35.5. The number of carbonyl (C=O) groups excluding carboxylic acids is 1. The van der Waals surface area contributed by atoms with E-state index < -0.39 is 5.54 Å². The summed E-state index contributed by atoms with van der Waals surface area (Å²) in [5.74, 6) is 0.913. The topological polar surface area (TPSA) is 50.6 Å². The second-order valence-corrected chi connectivity index (χ2v) is 8.02. The standard InChI is InChI=1S/C21H29ClN4O2/c1-5-28-19-14-18(23-25(19)4)10-12-26(15-16-6-8-17(22)9-7-16)20(27)21(2)11-13-24(21)3/h6-9,14H,5,10-13,15H2,1-4H3. The van der Waals surface area contributed by atoms with Gasteiger partial charge in [-0.05, 0) is 45.0 Å². The van der Waals surface area contributed by atoms with Crippen molar-refractivity contribution >= 4 is 17.5 Å². The van der Waals surface area contributed by atoms with Gasteiger partial charge in [-0.2, -0.15) is 5.10 Å². The predicted octanol–water partition coefficient (Wildman–Crippen LogP) is 3.14. The molecule has 1 aromatic carbocycles. The third-order valence-electron chi connectivity index (χ3n) is 5.63. The van der Waals surface area contributed by atoms with Crippen molar-refractivity contribution in [1.82, 2.24) is 19.6 Å². The van der Waals surface area contributed by atoms with Crippen molar-refractivity contribution < 1.29 is 9.53 Å². The summed E-state index contributed by atoms with van der Waals surface area (Å²) in [6.07, 6.45) is 1.57. The predicted molar refractivity (Wildman–Crippen MR) is 111 cm³/mol. The van der Waals surface area contributed by atoms with E-state index in [1.54, 1.807) is 4.68 Å². The van der Waals surface area contributed by atoms with Crippen LogP contribution in [0.15, 0.2) is 30.3 Å². The Bertz CT molecular complexity index is 820. The highest BCUT2D eigenvalue weighted by molar-refractivity contribution is 6.30. The molecule has 1 unspecified atom stereocenters. The fourth-order valence-electron chi connectivity index (χ4n) is 3.51. The number of likely N-dealkylation sites (tertiary alicyclic amines) is 1. The zero-order chi connectivity index (χ0) is 20.3. The Kier molecular flexibility index (Phi) is 6.30. The van der Waals surface area contributed by atoms with Crippen molar-refractivity contribution in [2.75, 3.05) is 26.7 Å². The largest absolute Gasteiger partial charge is 0.478 e. The summed E-state index contributed by atoms with van der Waals surface area (Å²) in [5, 5.41) is 5.21. The van der Waals surface area contributed by atoms with E-state index in [4.69, 9.17) is 16.3 Å². The number of hydrogen-bond donors (Lipinski definition) is 0. The number of nitrogens with zero attached hydrogens (tertiary/aromatic N) is 4. The van der Waals surface area contributed by atoms with Gasteiger partial charge >= 0.3 is 0 Å². The van der Waals surface area contributed by atoms with Gasteiger partial charge in [-0.15, -0.1) is 0 Å². The molecule has 1 aromatic heterocycles. The molecule has 3 rings (SSSR count). The molecule has 0 N–H and O–H groups in total. The molecule has 1 amide bonds. The highest BCUT2D eigenvalue weighted by Gasteiger charge is 2.46. The number of benzene rings is 1. The lowest BCUT2D eigenvalue weighted by atomic mass is 9.85. The molecular weight excluding hydrogens is 376 g/mol. The van der Waals surface area contributed by atoms with Crippen molar-refractivity contribution in [1.29, 1.82) is 0 Å². The molecule has 0 aliphatic carbocycles. The third-order valence-corrected chi connectivity index (χ3v) is 5.88. The summed E-state index contributed by atoms with van der Waals surface area (Å²) in [6.45, 7) is 6.70. The summed E-state index contributed by atoms with van der Waals surface area (Å²) in [4.78, 5) is 17.4. The van der Waals surface area contributed by atoms with Crippen LogP contribution in [0.4, 0.5) is 0 Å². The summed E-state index contributed by atoms with van der Waals surface area (Å²) in [5.41, 5.74) is 1.57. The maximum absolute atomic E-state index is 13.3. The van der Waals surface area contributed by atoms with Crippen LogP contribution in [0.25, 0.3) is 0 Å². The molecule has 152 valence electrons. The number of halogens is 1. The van der Waals surface area contributed by atoms with Gasteiger partial charge < -0.3 is 9.64 Å². The minimum Gasteiger partial charge on any atom is -0.478 e. The molecule has 1 aliphatic rings. The molecular formula is C21H29ClN4O2. The summed E-state index contributed by atoms with van der Waals surface area (Å²) >= 11 is 6.01. The second kappa shape index (κ2) is 8.53.